The third kappa shape index (κ3) is 2.54. The van der Waals surface area contributed by atoms with Crippen molar-refractivity contribution in [3.8, 4) is 0 Å². The minimum atomic E-state index is 0.408. The number of aryl methyl sites for hydroxylation is 1. The average molecular weight is 253 g/mol. The predicted molar refractivity (Wildman–Crippen MR) is 78.2 cm³/mol. The van der Waals surface area contributed by atoms with E-state index in [1.165, 1.54) is 21.9 Å². The van der Waals surface area contributed by atoms with Crippen molar-refractivity contribution in [1.82, 2.24) is 4.90 Å². The number of carbonyl (C=O) groups is 1. The second-order valence-corrected chi connectivity index (χ2v) is 5.40. The third-order valence-electron chi connectivity index (χ3n) is 4.01. The molecule has 0 amide bonds. The molecule has 0 aromatic heterocycles. The standard InChI is InChI=1S/C17H19NO/c1-13-4-2-5-14-6-3-7-15(17(13)14)12-18-10-8-16(19)9-11-18/h2-7H,8-12H2,1H3. The summed E-state index contributed by atoms with van der Waals surface area (Å²) in [7, 11) is 0. The molecule has 19 heavy (non-hydrogen) atoms. The molecule has 1 fully saturated rings. The van der Waals surface area contributed by atoms with Gasteiger partial charge >= 0.3 is 0 Å². The molecule has 1 aliphatic heterocycles. The Morgan fingerprint density at radius 2 is 1.74 bits per heavy atom. The number of rotatable bonds is 2. The molecule has 0 aliphatic carbocycles. The quantitative estimate of drug-likeness (QED) is 0.818. The van der Waals surface area contributed by atoms with Gasteiger partial charge in [0.05, 0.1) is 0 Å². The summed E-state index contributed by atoms with van der Waals surface area (Å²) in [6, 6.07) is 13.0. The van der Waals surface area contributed by atoms with Crippen LogP contribution < -0.4 is 0 Å². The fourth-order valence-electron chi connectivity index (χ4n) is 2.95. The molecule has 2 aromatic rings. The molecule has 1 saturated heterocycles. The van der Waals surface area contributed by atoms with Gasteiger partial charge in [0.25, 0.3) is 0 Å². The molecule has 0 saturated carbocycles. The van der Waals surface area contributed by atoms with Crippen LogP contribution in [0.1, 0.15) is 24.0 Å². The zero-order valence-electron chi connectivity index (χ0n) is 11.4. The van der Waals surface area contributed by atoms with Gasteiger partial charge < -0.3 is 0 Å². The Hall–Kier alpha value is -1.67. The Balaban J connectivity index is 1.90. The molecule has 0 N–H and O–H groups in total. The molecule has 0 spiro atoms. The van der Waals surface area contributed by atoms with Crippen LogP contribution in [0, 0.1) is 6.92 Å². The summed E-state index contributed by atoms with van der Waals surface area (Å²) < 4.78 is 0. The molecule has 3 rings (SSSR count). The molecule has 0 atom stereocenters. The maximum Gasteiger partial charge on any atom is 0.135 e. The Labute approximate surface area is 114 Å². The summed E-state index contributed by atoms with van der Waals surface area (Å²) >= 11 is 0. The van der Waals surface area contributed by atoms with Crippen molar-refractivity contribution in [2.24, 2.45) is 0 Å². The zero-order valence-corrected chi connectivity index (χ0v) is 11.4. The van der Waals surface area contributed by atoms with Crippen molar-refractivity contribution in [1.29, 1.82) is 0 Å². The smallest absolute Gasteiger partial charge is 0.135 e. The molecule has 0 radical (unpaired) electrons. The van der Waals surface area contributed by atoms with Crippen molar-refractivity contribution >= 4 is 16.6 Å². The summed E-state index contributed by atoms with van der Waals surface area (Å²) in [5.74, 6) is 0.408. The third-order valence-corrected chi connectivity index (χ3v) is 4.01. The highest BCUT2D eigenvalue weighted by molar-refractivity contribution is 5.88. The first kappa shape index (κ1) is 12.4. The number of ketones is 1. The van der Waals surface area contributed by atoms with Crippen LogP contribution >= 0.6 is 0 Å². The van der Waals surface area contributed by atoms with E-state index in [9.17, 15) is 4.79 Å². The van der Waals surface area contributed by atoms with Gasteiger partial charge in [0.1, 0.15) is 5.78 Å². The SMILES string of the molecule is Cc1cccc2cccc(CN3CCC(=O)CC3)c12. The predicted octanol–water partition coefficient (Wildman–Crippen LogP) is 3.31. The summed E-state index contributed by atoms with van der Waals surface area (Å²) in [6.45, 7) is 4.93. The highest BCUT2D eigenvalue weighted by atomic mass is 16.1. The molecule has 0 unspecified atom stereocenters. The maximum atomic E-state index is 11.3. The van der Waals surface area contributed by atoms with Gasteiger partial charge in [-0.15, -0.1) is 0 Å². The number of likely N-dealkylation sites (tertiary alicyclic amines) is 1. The first-order chi connectivity index (χ1) is 9.24. The van der Waals surface area contributed by atoms with Gasteiger partial charge in [-0.25, -0.2) is 0 Å². The number of piperidine rings is 1. The van der Waals surface area contributed by atoms with E-state index in [1.54, 1.807) is 0 Å². The van der Waals surface area contributed by atoms with Crippen LogP contribution in [0.4, 0.5) is 0 Å². The van der Waals surface area contributed by atoms with Gasteiger partial charge in [-0.1, -0.05) is 36.4 Å². The summed E-state index contributed by atoms with van der Waals surface area (Å²) in [6.07, 6.45) is 1.42. The van der Waals surface area contributed by atoms with Gasteiger partial charge in [0, 0.05) is 32.5 Å². The van der Waals surface area contributed by atoms with E-state index in [0.717, 1.165) is 19.6 Å². The van der Waals surface area contributed by atoms with E-state index in [2.05, 4.69) is 48.2 Å². The lowest BCUT2D eigenvalue weighted by Crippen LogP contribution is -2.33. The van der Waals surface area contributed by atoms with E-state index in [4.69, 9.17) is 0 Å². The summed E-state index contributed by atoms with van der Waals surface area (Å²) in [5.41, 5.74) is 2.71. The van der Waals surface area contributed by atoms with E-state index in [0.29, 0.717) is 18.6 Å². The first-order valence-corrected chi connectivity index (χ1v) is 6.95. The molecule has 0 bridgehead atoms. The molecule has 1 aliphatic rings. The molecule has 2 heteroatoms. The Morgan fingerprint density at radius 3 is 2.47 bits per heavy atom. The molecule has 1 heterocycles. The van der Waals surface area contributed by atoms with Crippen LogP contribution in [-0.2, 0) is 11.3 Å². The number of benzene rings is 2. The van der Waals surface area contributed by atoms with Gasteiger partial charge in [-0.3, -0.25) is 9.69 Å². The Bertz CT molecular complexity index is 602. The molecule has 2 nitrogen and oxygen atoms in total. The normalized spacial score (nSPS) is 17.0. The number of hydrogen-bond acceptors (Lipinski definition) is 2. The molecular formula is C17H19NO. The Morgan fingerprint density at radius 1 is 1.05 bits per heavy atom. The number of fused-ring (bicyclic) bond motifs is 1. The lowest BCUT2D eigenvalue weighted by Gasteiger charge is -2.26. The maximum absolute atomic E-state index is 11.3. The van der Waals surface area contributed by atoms with Gasteiger partial charge in [0.15, 0.2) is 0 Å². The summed E-state index contributed by atoms with van der Waals surface area (Å²) in [4.78, 5) is 13.7. The average Bonchev–Trinajstić information content (AvgIpc) is 2.42. The van der Waals surface area contributed by atoms with E-state index >= 15 is 0 Å². The van der Waals surface area contributed by atoms with Gasteiger partial charge in [-0.2, -0.15) is 0 Å². The second kappa shape index (κ2) is 5.14. The molecular weight excluding hydrogens is 234 g/mol. The van der Waals surface area contributed by atoms with Crippen LogP contribution in [0.5, 0.6) is 0 Å². The van der Waals surface area contributed by atoms with Crippen LogP contribution in [0.25, 0.3) is 10.8 Å². The van der Waals surface area contributed by atoms with Gasteiger partial charge in [0.2, 0.25) is 0 Å². The first-order valence-electron chi connectivity index (χ1n) is 6.95. The number of Topliss-reactive ketones (excluding diaryl/α,β-unsaturated/α-hetero) is 1. The van der Waals surface area contributed by atoms with Crippen molar-refractivity contribution < 1.29 is 4.79 Å². The minimum absolute atomic E-state index is 0.408. The number of hydrogen-bond donors (Lipinski definition) is 0. The number of nitrogens with zero attached hydrogens (tertiary/aromatic N) is 1. The van der Waals surface area contributed by atoms with Crippen LogP contribution in [0.2, 0.25) is 0 Å². The van der Waals surface area contributed by atoms with Crippen molar-refractivity contribution in [3.05, 3.63) is 47.5 Å². The Kier molecular flexibility index (Phi) is 3.34. The summed E-state index contributed by atoms with van der Waals surface area (Å²) in [5, 5.41) is 2.69. The minimum Gasteiger partial charge on any atom is -0.300 e. The highest BCUT2D eigenvalue weighted by Crippen LogP contribution is 2.24. The topological polar surface area (TPSA) is 20.3 Å². The fourth-order valence-corrected chi connectivity index (χ4v) is 2.95. The van der Waals surface area contributed by atoms with Crippen LogP contribution in [0.15, 0.2) is 36.4 Å². The molecule has 2 aromatic carbocycles. The molecule has 98 valence electrons. The second-order valence-electron chi connectivity index (χ2n) is 5.40. The lowest BCUT2D eigenvalue weighted by atomic mass is 9.99. The zero-order chi connectivity index (χ0) is 13.2. The number of carbonyl (C=O) groups excluding carboxylic acids is 1. The van der Waals surface area contributed by atoms with Gasteiger partial charge in [-0.05, 0) is 28.8 Å². The fraction of sp³-hybridized carbons (Fsp3) is 0.353. The van der Waals surface area contributed by atoms with E-state index < -0.39 is 0 Å². The van der Waals surface area contributed by atoms with Crippen molar-refractivity contribution in [3.63, 3.8) is 0 Å². The largest absolute Gasteiger partial charge is 0.300 e. The lowest BCUT2D eigenvalue weighted by molar-refractivity contribution is -0.121. The van der Waals surface area contributed by atoms with Crippen molar-refractivity contribution in [2.75, 3.05) is 13.1 Å². The van der Waals surface area contributed by atoms with Crippen molar-refractivity contribution in [2.45, 2.75) is 26.3 Å². The highest BCUT2D eigenvalue weighted by Gasteiger charge is 2.17. The van der Waals surface area contributed by atoms with E-state index in [-0.39, 0.29) is 0 Å². The van der Waals surface area contributed by atoms with Crippen LogP contribution in [0.3, 0.4) is 0 Å². The monoisotopic (exact) mass is 253 g/mol. The van der Waals surface area contributed by atoms with Crippen LogP contribution in [-0.4, -0.2) is 23.8 Å². The van der Waals surface area contributed by atoms with E-state index in [1.807, 2.05) is 0 Å².